The summed E-state index contributed by atoms with van der Waals surface area (Å²) in [6.07, 6.45) is 0.357. The maximum absolute atomic E-state index is 10.5. The summed E-state index contributed by atoms with van der Waals surface area (Å²) in [6.45, 7) is 2.61. The van der Waals surface area contributed by atoms with Crippen LogP contribution in [0.3, 0.4) is 0 Å². The van der Waals surface area contributed by atoms with E-state index < -0.39 is 24.2 Å². The molecule has 0 bridgehead atoms. The number of anilines is 2. The summed E-state index contributed by atoms with van der Waals surface area (Å²) in [5.74, 6) is 0.420. The van der Waals surface area contributed by atoms with Crippen LogP contribution in [0.2, 0.25) is 5.15 Å². The van der Waals surface area contributed by atoms with Gasteiger partial charge in [-0.1, -0.05) is 37.1 Å². The van der Waals surface area contributed by atoms with Gasteiger partial charge in [-0.3, -0.25) is 0 Å². The van der Waals surface area contributed by atoms with Crippen LogP contribution in [0.25, 0.3) is 20.8 Å². The molecule has 10 heteroatoms. The highest BCUT2D eigenvalue weighted by Crippen LogP contribution is 2.39. The lowest BCUT2D eigenvalue weighted by molar-refractivity contribution is 0.00446. The van der Waals surface area contributed by atoms with Crippen molar-refractivity contribution in [2.24, 2.45) is 5.92 Å². The number of unbranched alkanes of at least 4 members (excludes halogenated alkanes) is 1. The number of nitrogens with one attached hydrogen (secondary N) is 2. The van der Waals surface area contributed by atoms with Gasteiger partial charge in [0.1, 0.15) is 22.1 Å². The average molecular weight is 464 g/mol. The minimum Gasteiger partial charge on any atom is -0.396 e. The molecule has 0 aliphatic heterocycles. The number of nitrogens with zero attached hydrogens (tertiary/aromatic N) is 3. The first kappa shape index (κ1) is 22.2. The molecule has 0 spiro atoms. The van der Waals surface area contributed by atoms with E-state index in [4.69, 9.17) is 16.6 Å². The molecule has 4 atom stereocenters. The molecular formula is C21H26ClN5O3S. The van der Waals surface area contributed by atoms with E-state index in [-0.39, 0.29) is 11.8 Å². The van der Waals surface area contributed by atoms with E-state index in [0.717, 1.165) is 23.1 Å². The van der Waals surface area contributed by atoms with Crippen molar-refractivity contribution in [2.45, 2.75) is 44.4 Å². The molecule has 1 aliphatic rings. The van der Waals surface area contributed by atoms with Crippen molar-refractivity contribution < 1.29 is 15.3 Å². The maximum atomic E-state index is 10.5. The highest BCUT2D eigenvalue weighted by Gasteiger charge is 2.41. The summed E-state index contributed by atoms with van der Waals surface area (Å²) in [4.78, 5) is 13.7. The Balaban J connectivity index is 1.72. The second-order valence-electron chi connectivity index (χ2n) is 7.74. The Bertz CT molecular complexity index is 1020. The third-order valence-electron chi connectivity index (χ3n) is 5.54. The molecule has 0 amide bonds. The van der Waals surface area contributed by atoms with Crippen molar-refractivity contribution in [3.63, 3.8) is 0 Å². The largest absolute Gasteiger partial charge is 0.396 e. The average Bonchev–Trinajstić information content (AvgIpc) is 3.29. The number of hydrogen-bond donors (Lipinski definition) is 5. The number of thiazole rings is 1. The summed E-state index contributed by atoms with van der Waals surface area (Å²) < 4.78 is 1.02. The number of para-hydroxylation sites is 1. The van der Waals surface area contributed by atoms with Gasteiger partial charge in [-0.2, -0.15) is 4.98 Å². The number of aliphatic hydroxyl groups excluding tert-OH is 3. The van der Waals surface area contributed by atoms with Crippen LogP contribution in [-0.4, -0.2) is 61.7 Å². The Morgan fingerprint density at radius 3 is 2.68 bits per heavy atom. The van der Waals surface area contributed by atoms with Gasteiger partial charge in [0.05, 0.1) is 27.9 Å². The number of aromatic nitrogens is 3. The van der Waals surface area contributed by atoms with Gasteiger partial charge in [0, 0.05) is 19.1 Å². The molecule has 8 nitrogen and oxygen atoms in total. The zero-order valence-electron chi connectivity index (χ0n) is 17.1. The van der Waals surface area contributed by atoms with Crippen LogP contribution in [-0.2, 0) is 0 Å². The predicted molar refractivity (Wildman–Crippen MR) is 124 cm³/mol. The van der Waals surface area contributed by atoms with Crippen LogP contribution in [0.15, 0.2) is 24.3 Å². The molecule has 5 N–H and O–H groups in total. The second-order valence-corrected chi connectivity index (χ2v) is 9.13. The van der Waals surface area contributed by atoms with Crippen molar-refractivity contribution in [1.82, 2.24) is 15.0 Å². The molecule has 3 aromatic rings. The fourth-order valence-electron chi connectivity index (χ4n) is 3.79. The summed E-state index contributed by atoms with van der Waals surface area (Å²) >= 11 is 8.08. The number of fused-ring (bicyclic) bond motifs is 1. The van der Waals surface area contributed by atoms with E-state index in [9.17, 15) is 15.3 Å². The lowest BCUT2D eigenvalue weighted by atomic mass is 10.1. The zero-order valence-corrected chi connectivity index (χ0v) is 18.7. The van der Waals surface area contributed by atoms with Gasteiger partial charge >= 0.3 is 0 Å². The molecule has 0 saturated heterocycles. The second kappa shape index (κ2) is 9.62. The molecule has 2 aromatic heterocycles. The minimum absolute atomic E-state index is 0.199. The summed E-state index contributed by atoms with van der Waals surface area (Å²) in [7, 11) is 0. The predicted octanol–water partition coefficient (Wildman–Crippen LogP) is 3.13. The van der Waals surface area contributed by atoms with Crippen molar-refractivity contribution >= 4 is 44.9 Å². The minimum atomic E-state index is -1.04. The van der Waals surface area contributed by atoms with Gasteiger partial charge in [-0.05, 0) is 25.0 Å². The van der Waals surface area contributed by atoms with E-state index in [1.807, 2.05) is 24.3 Å². The van der Waals surface area contributed by atoms with Gasteiger partial charge in [0.15, 0.2) is 0 Å². The quantitative estimate of drug-likeness (QED) is 0.255. The molecule has 1 fully saturated rings. The Labute approximate surface area is 189 Å². The Morgan fingerprint density at radius 1 is 1.16 bits per heavy atom. The normalized spacial score (nSPS) is 23.4. The lowest BCUT2D eigenvalue weighted by Crippen LogP contribution is -2.35. The highest BCUT2D eigenvalue weighted by molar-refractivity contribution is 7.21. The number of aliphatic hydroxyl groups is 3. The fourth-order valence-corrected chi connectivity index (χ4v) is 5.11. The van der Waals surface area contributed by atoms with Crippen LogP contribution < -0.4 is 10.6 Å². The van der Waals surface area contributed by atoms with Crippen LogP contribution in [0.5, 0.6) is 0 Å². The molecule has 1 aliphatic carbocycles. The number of hydrogen-bond acceptors (Lipinski definition) is 9. The number of halogens is 1. The highest BCUT2D eigenvalue weighted by atomic mass is 35.5. The maximum Gasteiger partial charge on any atom is 0.226 e. The molecule has 2 heterocycles. The van der Waals surface area contributed by atoms with Crippen molar-refractivity contribution in [2.75, 3.05) is 23.8 Å². The first-order valence-electron chi connectivity index (χ1n) is 10.4. The smallest absolute Gasteiger partial charge is 0.226 e. The molecule has 1 aromatic carbocycles. The van der Waals surface area contributed by atoms with Gasteiger partial charge < -0.3 is 26.0 Å². The first-order chi connectivity index (χ1) is 15.0. The SMILES string of the molecule is CCCCNc1nc(Cl)c(-c2nc3ccccc3s2)c(N[C@@H]2C[C@H](CO)[C@@H](O)[C@H]2O)n1. The monoisotopic (exact) mass is 463 g/mol. The number of benzene rings is 1. The molecule has 166 valence electrons. The van der Waals surface area contributed by atoms with Crippen molar-refractivity contribution in [3.8, 4) is 10.6 Å². The van der Waals surface area contributed by atoms with Crippen LogP contribution >= 0.6 is 22.9 Å². The van der Waals surface area contributed by atoms with Gasteiger partial charge in [-0.25, -0.2) is 9.97 Å². The lowest BCUT2D eigenvalue weighted by Gasteiger charge is -2.21. The third kappa shape index (κ3) is 4.61. The molecule has 0 radical (unpaired) electrons. The summed E-state index contributed by atoms with van der Waals surface area (Å²) in [5, 5.41) is 37.5. The number of rotatable bonds is 8. The van der Waals surface area contributed by atoms with Crippen molar-refractivity contribution in [1.29, 1.82) is 0 Å². The van der Waals surface area contributed by atoms with Crippen LogP contribution in [0, 0.1) is 5.92 Å². The van der Waals surface area contributed by atoms with E-state index in [0.29, 0.717) is 35.3 Å². The fraction of sp³-hybridized carbons (Fsp3) is 0.476. The van der Waals surface area contributed by atoms with Gasteiger partial charge in [0.25, 0.3) is 0 Å². The first-order valence-corrected chi connectivity index (χ1v) is 11.6. The zero-order chi connectivity index (χ0) is 22.0. The Hall–Kier alpha value is -2.04. The van der Waals surface area contributed by atoms with Crippen LogP contribution in [0.4, 0.5) is 11.8 Å². The van der Waals surface area contributed by atoms with Gasteiger partial charge in [-0.15, -0.1) is 11.3 Å². The Morgan fingerprint density at radius 2 is 1.97 bits per heavy atom. The summed E-state index contributed by atoms with van der Waals surface area (Å²) in [6, 6.07) is 7.31. The molecule has 4 rings (SSSR count). The summed E-state index contributed by atoms with van der Waals surface area (Å²) in [5.41, 5.74) is 1.41. The van der Waals surface area contributed by atoms with E-state index in [2.05, 4.69) is 27.5 Å². The Kier molecular flexibility index (Phi) is 6.88. The molecule has 0 unspecified atom stereocenters. The molecule has 31 heavy (non-hydrogen) atoms. The third-order valence-corrected chi connectivity index (χ3v) is 6.87. The van der Waals surface area contributed by atoms with E-state index in [1.54, 1.807) is 0 Å². The molecule has 1 saturated carbocycles. The van der Waals surface area contributed by atoms with E-state index in [1.165, 1.54) is 11.3 Å². The molecular weight excluding hydrogens is 438 g/mol. The van der Waals surface area contributed by atoms with Crippen molar-refractivity contribution in [3.05, 3.63) is 29.4 Å². The topological polar surface area (TPSA) is 123 Å². The van der Waals surface area contributed by atoms with E-state index >= 15 is 0 Å². The standard InChI is InChI=1S/C21H26ClN5O3S/c1-2-3-8-23-21-26-18(22)15(20-25-12-6-4-5-7-14(12)31-20)19(27-21)24-13-9-11(10-28)16(29)17(13)30/h4-7,11,13,16-17,28-30H,2-3,8-10H2,1H3,(H2,23,24,26,27)/t11-,13-,16-,17+/m1/s1. The van der Waals surface area contributed by atoms with Crippen LogP contribution in [0.1, 0.15) is 26.2 Å². The van der Waals surface area contributed by atoms with Gasteiger partial charge in [0.2, 0.25) is 5.95 Å².